The fourth-order valence-electron chi connectivity index (χ4n) is 1.82. The van der Waals surface area contributed by atoms with Crippen LogP contribution in [0, 0.1) is 0 Å². The highest BCUT2D eigenvalue weighted by Crippen LogP contribution is 2.14. The number of nitrogens with one attached hydrogen (secondary N) is 1. The first-order chi connectivity index (χ1) is 10.1. The van der Waals surface area contributed by atoms with Gasteiger partial charge in [-0.2, -0.15) is 0 Å². The average molecular weight is 304 g/mol. The molecular weight excluding hydrogens is 290 g/mol. The number of hydrogen-bond acceptors (Lipinski definition) is 3. The van der Waals surface area contributed by atoms with Gasteiger partial charge in [0.15, 0.2) is 0 Å². The van der Waals surface area contributed by atoms with E-state index in [1.807, 2.05) is 18.2 Å². The van der Waals surface area contributed by atoms with Crippen molar-refractivity contribution in [3.05, 3.63) is 70.2 Å². The zero-order valence-corrected chi connectivity index (χ0v) is 12.2. The minimum Gasteiger partial charge on any atom is -0.465 e. The topological polar surface area (TPSA) is 55.4 Å². The molecule has 0 heterocycles. The number of halogens is 1. The number of esters is 1. The Morgan fingerprint density at radius 2 is 1.81 bits per heavy atom. The molecule has 4 nitrogen and oxygen atoms in total. The predicted octanol–water partition coefficient (Wildman–Crippen LogP) is 3.06. The normalized spacial score (nSPS) is 10.0. The van der Waals surface area contributed by atoms with Crippen molar-refractivity contribution < 1.29 is 14.3 Å². The lowest BCUT2D eigenvalue weighted by atomic mass is 10.1. The summed E-state index contributed by atoms with van der Waals surface area (Å²) in [5.41, 5.74) is 1.56. The molecule has 108 valence electrons. The van der Waals surface area contributed by atoms with Crippen molar-refractivity contribution in [3.63, 3.8) is 0 Å². The predicted molar refractivity (Wildman–Crippen MR) is 80.4 cm³/mol. The molecule has 0 bridgehead atoms. The number of methoxy groups -OCH3 is 1. The lowest BCUT2D eigenvalue weighted by Gasteiger charge is -2.07. The SMILES string of the molecule is COC(=O)c1cccc(C(=O)NCc2ccccc2Cl)c1. The Bertz CT molecular complexity index is 670. The van der Waals surface area contributed by atoms with Gasteiger partial charge in [-0.25, -0.2) is 4.79 Å². The van der Waals surface area contributed by atoms with E-state index in [0.29, 0.717) is 22.7 Å². The Labute approximate surface area is 127 Å². The van der Waals surface area contributed by atoms with Crippen LogP contribution in [0.1, 0.15) is 26.3 Å². The van der Waals surface area contributed by atoms with Gasteiger partial charge in [0.25, 0.3) is 5.91 Å². The Balaban J connectivity index is 2.07. The molecule has 0 aliphatic rings. The number of carbonyl (C=O) groups excluding carboxylic acids is 2. The summed E-state index contributed by atoms with van der Waals surface area (Å²) in [6.45, 7) is 0.320. The molecule has 2 aromatic carbocycles. The standard InChI is InChI=1S/C16H14ClNO3/c1-21-16(20)12-7-4-6-11(9-12)15(19)18-10-13-5-2-3-8-14(13)17/h2-9H,10H2,1H3,(H,18,19). The van der Waals surface area contributed by atoms with Crippen molar-refractivity contribution >= 4 is 23.5 Å². The van der Waals surface area contributed by atoms with Crippen molar-refractivity contribution in [2.45, 2.75) is 6.54 Å². The van der Waals surface area contributed by atoms with Crippen LogP contribution in [0.2, 0.25) is 5.02 Å². The second-order valence-electron chi connectivity index (χ2n) is 4.35. The van der Waals surface area contributed by atoms with Crippen LogP contribution in [-0.4, -0.2) is 19.0 Å². The second-order valence-corrected chi connectivity index (χ2v) is 4.75. The Morgan fingerprint density at radius 3 is 2.52 bits per heavy atom. The van der Waals surface area contributed by atoms with E-state index in [2.05, 4.69) is 10.1 Å². The average Bonchev–Trinajstić information content (AvgIpc) is 2.53. The Morgan fingerprint density at radius 1 is 1.10 bits per heavy atom. The molecule has 1 N–H and O–H groups in total. The molecule has 1 amide bonds. The van der Waals surface area contributed by atoms with Gasteiger partial charge >= 0.3 is 5.97 Å². The van der Waals surface area contributed by atoms with E-state index < -0.39 is 5.97 Å². The highest BCUT2D eigenvalue weighted by molar-refractivity contribution is 6.31. The van der Waals surface area contributed by atoms with Gasteiger partial charge in [0.1, 0.15) is 0 Å². The molecule has 0 aliphatic heterocycles. The van der Waals surface area contributed by atoms with E-state index in [4.69, 9.17) is 11.6 Å². The molecule has 0 radical (unpaired) electrons. The molecule has 5 heteroatoms. The number of rotatable bonds is 4. The van der Waals surface area contributed by atoms with Gasteiger partial charge in [-0.15, -0.1) is 0 Å². The summed E-state index contributed by atoms with van der Waals surface area (Å²) in [7, 11) is 1.30. The smallest absolute Gasteiger partial charge is 0.337 e. The maximum Gasteiger partial charge on any atom is 0.337 e. The van der Waals surface area contributed by atoms with Crippen LogP contribution in [-0.2, 0) is 11.3 Å². The summed E-state index contributed by atoms with van der Waals surface area (Å²) in [4.78, 5) is 23.5. The molecular formula is C16H14ClNO3. The monoisotopic (exact) mass is 303 g/mol. The summed E-state index contributed by atoms with van der Waals surface area (Å²) in [5.74, 6) is -0.753. The van der Waals surface area contributed by atoms with E-state index in [9.17, 15) is 9.59 Å². The minimum atomic E-state index is -0.476. The van der Waals surface area contributed by atoms with Crippen molar-refractivity contribution in [2.75, 3.05) is 7.11 Å². The summed E-state index contributed by atoms with van der Waals surface area (Å²) < 4.78 is 4.63. The van der Waals surface area contributed by atoms with Crippen LogP contribution in [0.4, 0.5) is 0 Å². The van der Waals surface area contributed by atoms with Crippen molar-refractivity contribution in [2.24, 2.45) is 0 Å². The third-order valence-electron chi connectivity index (χ3n) is 2.94. The first kappa shape index (κ1) is 15.1. The molecule has 21 heavy (non-hydrogen) atoms. The zero-order chi connectivity index (χ0) is 15.2. The molecule has 0 fully saturated rings. The second kappa shape index (κ2) is 6.90. The Hall–Kier alpha value is -2.33. The lowest BCUT2D eigenvalue weighted by molar-refractivity contribution is 0.0600. The maximum absolute atomic E-state index is 12.1. The summed E-state index contributed by atoms with van der Waals surface area (Å²) >= 11 is 6.03. The fraction of sp³-hybridized carbons (Fsp3) is 0.125. The van der Waals surface area contributed by atoms with Gasteiger partial charge in [0.2, 0.25) is 0 Å². The first-order valence-electron chi connectivity index (χ1n) is 6.32. The van der Waals surface area contributed by atoms with Gasteiger partial charge in [-0.05, 0) is 29.8 Å². The van der Waals surface area contributed by atoms with E-state index in [-0.39, 0.29) is 5.91 Å². The van der Waals surface area contributed by atoms with Gasteiger partial charge in [0, 0.05) is 17.1 Å². The molecule has 0 atom stereocenters. The molecule has 2 rings (SSSR count). The zero-order valence-electron chi connectivity index (χ0n) is 11.4. The largest absolute Gasteiger partial charge is 0.465 e. The van der Waals surface area contributed by atoms with Crippen LogP contribution in [0.15, 0.2) is 48.5 Å². The summed E-state index contributed by atoms with van der Waals surface area (Å²) in [5, 5.41) is 3.36. The lowest BCUT2D eigenvalue weighted by Crippen LogP contribution is -2.23. The van der Waals surface area contributed by atoms with E-state index in [1.54, 1.807) is 24.3 Å². The number of amides is 1. The number of benzene rings is 2. The van der Waals surface area contributed by atoms with Gasteiger partial charge < -0.3 is 10.1 Å². The van der Waals surface area contributed by atoms with Crippen LogP contribution in [0.3, 0.4) is 0 Å². The van der Waals surface area contributed by atoms with Crippen molar-refractivity contribution in [1.82, 2.24) is 5.32 Å². The first-order valence-corrected chi connectivity index (χ1v) is 6.69. The van der Waals surface area contributed by atoms with Gasteiger partial charge in [0.05, 0.1) is 12.7 Å². The van der Waals surface area contributed by atoms with Crippen LogP contribution in [0.25, 0.3) is 0 Å². The molecule has 2 aromatic rings. The Kier molecular flexibility index (Phi) is 4.95. The molecule has 0 saturated heterocycles. The quantitative estimate of drug-likeness (QED) is 0.883. The highest BCUT2D eigenvalue weighted by atomic mass is 35.5. The third-order valence-corrected chi connectivity index (χ3v) is 3.31. The van der Waals surface area contributed by atoms with Gasteiger partial charge in [-0.1, -0.05) is 35.9 Å². The maximum atomic E-state index is 12.1. The van der Waals surface area contributed by atoms with Crippen LogP contribution >= 0.6 is 11.6 Å². The van der Waals surface area contributed by atoms with E-state index >= 15 is 0 Å². The molecule has 0 spiro atoms. The van der Waals surface area contributed by atoms with E-state index in [0.717, 1.165) is 5.56 Å². The van der Waals surface area contributed by atoms with Crippen molar-refractivity contribution in [3.8, 4) is 0 Å². The van der Waals surface area contributed by atoms with E-state index in [1.165, 1.54) is 13.2 Å². The third kappa shape index (κ3) is 3.83. The summed E-state index contributed by atoms with van der Waals surface area (Å²) in [6, 6.07) is 13.6. The van der Waals surface area contributed by atoms with Crippen LogP contribution < -0.4 is 5.32 Å². The van der Waals surface area contributed by atoms with Crippen molar-refractivity contribution in [1.29, 1.82) is 0 Å². The number of ether oxygens (including phenoxy) is 1. The number of carbonyl (C=O) groups is 2. The molecule has 0 aliphatic carbocycles. The highest BCUT2D eigenvalue weighted by Gasteiger charge is 2.10. The fourth-order valence-corrected chi connectivity index (χ4v) is 2.03. The number of hydrogen-bond donors (Lipinski definition) is 1. The molecule has 0 saturated carbocycles. The molecule has 0 aromatic heterocycles. The van der Waals surface area contributed by atoms with Crippen LogP contribution in [0.5, 0.6) is 0 Å². The summed E-state index contributed by atoms with van der Waals surface area (Å²) in [6.07, 6.45) is 0. The van der Waals surface area contributed by atoms with Gasteiger partial charge in [-0.3, -0.25) is 4.79 Å². The minimum absolute atomic E-state index is 0.277. The molecule has 0 unspecified atom stereocenters.